The molecule has 0 saturated heterocycles. The van der Waals surface area contributed by atoms with Crippen LogP contribution in [0.25, 0.3) is 0 Å². The van der Waals surface area contributed by atoms with Gasteiger partial charge in [0.05, 0.1) is 23.7 Å². The number of nitrogens with one attached hydrogen (secondary N) is 2. The minimum absolute atomic E-state index is 0.0190. The van der Waals surface area contributed by atoms with E-state index in [1.165, 1.54) is 24.4 Å². The van der Waals surface area contributed by atoms with Gasteiger partial charge in [0.15, 0.2) is 0 Å². The van der Waals surface area contributed by atoms with Crippen molar-refractivity contribution < 1.29 is 18.7 Å². The zero-order valence-corrected chi connectivity index (χ0v) is 15.0. The molecule has 2 rings (SSSR count). The second kappa shape index (κ2) is 9.72. The second-order valence-electron chi connectivity index (χ2n) is 5.35. The van der Waals surface area contributed by atoms with Gasteiger partial charge in [-0.1, -0.05) is 23.7 Å². The molecule has 2 aromatic rings. The fourth-order valence-corrected chi connectivity index (χ4v) is 2.35. The van der Waals surface area contributed by atoms with E-state index in [0.29, 0.717) is 18.8 Å². The van der Waals surface area contributed by atoms with Crippen LogP contribution in [0.5, 0.6) is 0 Å². The summed E-state index contributed by atoms with van der Waals surface area (Å²) < 4.78 is 17.7. The molecule has 0 aliphatic rings. The Hall–Kier alpha value is -2.67. The molecule has 26 heavy (non-hydrogen) atoms. The quantitative estimate of drug-likeness (QED) is 0.689. The summed E-state index contributed by atoms with van der Waals surface area (Å²) in [7, 11) is 0. The predicted molar refractivity (Wildman–Crippen MR) is 96.8 cm³/mol. The van der Waals surface area contributed by atoms with Crippen LogP contribution in [0.3, 0.4) is 0 Å². The molecule has 2 N–H and O–H groups in total. The van der Waals surface area contributed by atoms with Gasteiger partial charge in [-0.05, 0) is 37.1 Å². The first-order valence-corrected chi connectivity index (χ1v) is 8.45. The Kier molecular flexibility index (Phi) is 7.35. The number of rotatable bonds is 8. The first-order chi connectivity index (χ1) is 12.5. The normalized spacial score (nSPS) is 10.3. The van der Waals surface area contributed by atoms with E-state index < -0.39 is 5.97 Å². The van der Waals surface area contributed by atoms with E-state index in [9.17, 15) is 14.0 Å². The van der Waals surface area contributed by atoms with Crippen LogP contribution < -0.4 is 10.6 Å². The van der Waals surface area contributed by atoms with Crippen LogP contribution in [0, 0.1) is 5.82 Å². The summed E-state index contributed by atoms with van der Waals surface area (Å²) in [5.74, 6) is -0.736. The summed E-state index contributed by atoms with van der Waals surface area (Å²) in [4.78, 5) is 27.5. The molecule has 0 unspecified atom stereocenters. The number of amides is 1. The fraction of sp³-hybridized carbons (Fsp3) is 0.278. The summed E-state index contributed by atoms with van der Waals surface area (Å²) in [6.07, 6.45) is 1.93. The van der Waals surface area contributed by atoms with E-state index in [0.717, 1.165) is 5.56 Å². The Morgan fingerprint density at radius 1 is 1.27 bits per heavy atom. The van der Waals surface area contributed by atoms with Crippen LogP contribution in [0.15, 0.2) is 36.5 Å². The van der Waals surface area contributed by atoms with E-state index in [1.54, 1.807) is 19.1 Å². The molecule has 0 atom stereocenters. The van der Waals surface area contributed by atoms with Gasteiger partial charge in [0.25, 0.3) is 0 Å². The molecular weight excluding hydrogens is 361 g/mol. The summed E-state index contributed by atoms with van der Waals surface area (Å²) >= 11 is 6.06. The molecule has 0 aliphatic carbocycles. The van der Waals surface area contributed by atoms with Crippen LogP contribution >= 0.6 is 11.6 Å². The molecule has 138 valence electrons. The fourth-order valence-electron chi connectivity index (χ4n) is 2.12. The third kappa shape index (κ3) is 6.00. The standard InChI is InChI=1S/C18H19ClFN3O3/c1-2-26-18(25)13-9-15(19)17(22-10-13)23-11-16(24)21-8-7-12-3-5-14(20)6-4-12/h3-6,9-10H,2,7-8,11H2,1H3,(H,21,24)(H,22,23). The molecule has 0 aliphatic heterocycles. The molecule has 8 heteroatoms. The van der Waals surface area contributed by atoms with Gasteiger partial charge in [-0.3, -0.25) is 4.79 Å². The largest absolute Gasteiger partial charge is 0.462 e. The zero-order chi connectivity index (χ0) is 18.9. The minimum atomic E-state index is -0.507. The van der Waals surface area contributed by atoms with Crippen LogP contribution in [0.2, 0.25) is 5.02 Å². The van der Waals surface area contributed by atoms with E-state index in [-0.39, 0.29) is 35.5 Å². The highest BCUT2D eigenvalue weighted by atomic mass is 35.5. The maximum Gasteiger partial charge on any atom is 0.339 e. The number of aromatic nitrogens is 1. The third-order valence-electron chi connectivity index (χ3n) is 3.42. The zero-order valence-electron chi connectivity index (χ0n) is 14.2. The lowest BCUT2D eigenvalue weighted by molar-refractivity contribution is -0.119. The van der Waals surface area contributed by atoms with Crippen LogP contribution in [-0.2, 0) is 16.0 Å². The average molecular weight is 380 g/mol. The lowest BCUT2D eigenvalue weighted by Gasteiger charge is -2.09. The maximum absolute atomic E-state index is 12.8. The van der Waals surface area contributed by atoms with Gasteiger partial charge in [-0.15, -0.1) is 0 Å². The SMILES string of the molecule is CCOC(=O)c1cnc(NCC(=O)NCCc2ccc(F)cc2)c(Cl)c1. The molecular formula is C18H19ClFN3O3. The van der Waals surface area contributed by atoms with Crippen molar-refractivity contribution in [1.29, 1.82) is 0 Å². The highest BCUT2D eigenvalue weighted by molar-refractivity contribution is 6.33. The average Bonchev–Trinajstić information content (AvgIpc) is 2.62. The predicted octanol–water partition coefficient (Wildman–Crippen LogP) is 2.82. The minimum Gasteiger partial charge on any atom is -0.462 e. The summed E-state index contributed by atoms with van der Waals surface area (Å²) in [6.45, 7) is 2.37. The highest BCUT2D eigenvalue weighted by Crippen LogP contribution is 2.20. The molecule has 0 bridgehead atoms. The van der Waals surface area contributed by atoms with Crippen LogP contribution in [0.1, 0.15) is 22.8 Å². The molecule has 0 fully saturated rings. The Bertz CT molecular complexity index is 769. The summed E-state index contributed by atoms with van der Waals surface area (Å²) in [5, 5.41) is 5.77. The molecule has 1 aromatic carbocycles. The van der Waals surface area contributed by atoms with Crippen molar-refractivity contribution in [3.8, 4) is 0 Å². The Balaban J connectivity index is 1.77. The highest BCUT2D eigenvalue weighted by Gasteiger charge is 2.11. The second-order valence-corrected chi connectivity index (χ2v) is 5.76. The van der Waals surface area contributed by atoms with Crippen LogP contribution in [-0.4, -0.2) is 36.6 Å². The molecule has 1 heterocycles. The number of ether oxygens (including phenoxy) is 1. The Morgan fingerprint density at radius 3 is 2.65 bits per heavy atom. The number of hydrogen-bond donors (Lipinski definition) is 2. The molecule has 0 radical (unpaired) electrons. The van der Waals surface area contributed by atoms with E-state index in [1.807, 2.05) is 0 Å². The van der Waals surface area contributed by atoms with Crippen LogP contribution in [0.4, 0.5) is 10.2 Å². The molecule has 6 nitrogen and oxygen atoms in total. The van der Waals surface area contributed by atoms with Gasteiger partial charge in [-0.2, -0.15) is 0 Å². The Labute approximate surface area is 155 Å². The maximum atomic E-state index is 12.8. The number of pyridine rings is 1. The van der Waals surface area contributed by atoms with Gasteiger partial charge >= 0.3 is 5.97 Å². The molecule has 0 spiro atoms. The van der Waals surface area contributed by atoms with Crippen molar-refractivity contribution >= 4 is 29.3 Å². The number of benzene rings is 1. The number of hydrogen-bond acceptors (Lipinski definition) is 5. The van der Waals surface area contributed by atoms with Gasteiger partial charge in [-0.25, -0.2) is 14.2 Å². The number of halogens is 2. The van der Waals surface area contributed by atoms with Crippen molar-refractivity contribution in [3.63, 3.8) is 0 Å². The van der Waals surface area contributed by atoms with Gasteiger partial charge < -0.3 is 15.4 Å². The van der Waals surface area contributed by atoms with Gasteiger partial charge in [0, 0.05) is 12.7 Å². The van der Waals surface area contributed by atoms with Crippen molar-refractivity contribution in [2.24, 2.45) is 0 Å². The van der Waals surface area contributed by atoms with Crippen molar-refractivity contribution in [2.75, 3.05) is 25.0 Å². The summed E-state index contributed by atoms with van der Waals surface area (Å²) in [6, 6.07) is 7.54. The lowest BCUT2D eigenvalue weighted by atomic mass is 10.1. The first kappa shape index (κ1) is 19.7. The number of esters is 1. The molecule has 1 aromatic heterocycles. The monoisotopic (exact) mass is 379 g/mol. The number of carbonyl (C=O) groups excluding carboxylic acids is 2. The van der Waals surface area contributed by atoms with E-state index in [4.69, 9.17) is 16.3 Å². The molecule has 0 saturated carbocycles. The van der Waals surface area contributed by atoms with E-state index in [2.05, 4.69) is 15.6 Å². The van der Waals surface area contributed by atoms with Crippen molar-refractivity contribution in [1.82, 2.24) is 10.3 Å². The topological polar surface area (TPSA) is 80.3 Å². The van der Waals surface area contributed by atoms with E-state index >= 15 is 0 Å². The number of nitrogens with zero attached hydrogens (tertiary/aromatic N) is 1. The van der Waals surface area contributed by atoms with Gasteiger partial charge in [0.1, 0.15) is 11.6 Å². The molecule has 1 amide bonds. The van der Waals surface area contributed by atoms with Crippen molar-refractivity contribution in [3.05, 3.63) is 58.5 Å². The third-order valence-corrected chi connectivity index (χ3v) is 3.71. The summed E-state index contributed by atoms with van der Waals surface area (Å²) in [5.41, 5.74) is 1.17. The first-order valence-electron chi connectivity index (χ1n) is 8.07. The van der Waals surface area contributed by atoms with Crippen molar-refractivity contribution in [2.45, 2.75) is 13.3 Å². The smallest absolute Gasteiger partial charge is 0.339 e. The number of anilines is 1. The Morgan fingerprint density at radius 2 is 2.00 bits per heavy atom. The van der Waals surface area contributed by atoms with Gasteiger partial charge in [0.2, 0.25) is 5.91 Å². The number of carbonyl (C=O) groups is 2. The lowest BCUT2D eigenvalue weighted by Crippen LogP contribution is -2.31.